The molecule has 2 atom stereocenters. The van der Waals surface area contributed by atoms with Crippen LogP contribution in [0.5, 0.6) is 0 Å². The van der Waals surface area contributed by atoms with Gasteiger partial charge in [0.25, 0.3) is 0 Å². The van der Waals surface area contributed by atoms with Crippen molar-refractivity contribution in [1.29, 1.82) is 0 Å². The van der Waals surface area contributed by atoms with Gasteiger partial charge >= 0.3 is 0 Å². The predicted molar refractivity (Wildman–Crippen MR) is 127 cm³/mol. The van der Waals surface area contributed by atoms with Crippen LogP contribution in [0.15, 0.2) is 0 Å². The predicted octanol–water partition coefficient (Wildman–Crippen LogP) is 6.74. The van der Waals surface area contributed by atoms with Gasteiger partial charge in [-0.2, -0.15) is 0 Å². The minimum atomic E-state index is -1.26. The van der Waals surface area contributed by atoms with Crippen molar-refractivity contribution in [3.05, 3.63) is 0 Å². The zero-order valence-electron chi connectivity index (χ0n) is 18.6. The second-order valence-electron chi connectivity index (χ2n) is 8.17. The van der Waals surface area contributed by atoms with E-state index in [-0.39, 0.29) is 6.61 Å². The van der Waals surface area contributed by atoms with Crippen LogP contribution in [0, 0.1) is 0 Å². The SMILES string of the molecule is CCCCCCCCCCCCCCCCCCOCC(CO)OC(C)(O)I. The second-order valence-corrected chi connectivity index (χ2v) is 10.2. The maximum absolute atomic E-state index is 9.57. The Balaban J connectivity index is 3.19. The summed E-state index contributed by atoms with van der Waals surface area (Å²) in [5.41, 5.74) is 0. The van der Waals surface area contributed by atoms with E-state index in [9.17, 15) is 10.2 Å². The summed E-state index contributed by atoms with van der Waals surface area (Å²) < 4.78 is 9.58. The number of ether oxygens (including phenoxy) is 2. The molecule has 28 heavy (non-hydrogen) atoms. The van der Waals surface area contributed by atoms with Crippen LogP contribution in [0.2, 0.25) is 0 Å². The van der Waals surface area contributed by atoms with Gasteiger partial charge in [-0.25, -0.2) is 0 Å². The number of hydrogen-bond donors (Lipinski definition) is 2. The van der Waals surface area contributed by atoms with E-state index in [1.165, 1.54) is 96.3 Å². The van der Waals surface area contributed by atoms with Crippen LogP contribution < -0.4 is 0 Å². The fraction of sp³-hybridized carbons (Fsp3) is 1.00. The maximum atomic E-state index is 9.57. The molecule has 0 aromatic rings. The largest absolute Gasteiger partial charge is 0.394 e. The number of rotatable bonds is 22. The summed E-state index contributed by atoms with van der Waals surface area (Å²) >= 11 is 1.79. The number of halogens is 1. The van der Waals surface area contributed by atoms with Gasteiger partial charge in [-0.15, -0.1) is 0 Å². The third-order valence-electron chi connectivity index (χ3n) is 5.03. The van der Waals surface area contributed by atoms with Gasteiger partial charge in [0.2, 0.25) is 3.79 Å². The van der Waals surface area contributed by atoms with Crippen molar-refractivity contribution in [2.45, 2.75) is 126 Å². The molecule has 0 radical (unpaired) electrons. The molecule has 0 aromatic heterocycles. The fourth-order valence-corrected chi connectivity index (χ4v) is 3.75. The molecule has 0 aromatic carbocycles. The molecule has 2 N–H and O–H groups in total. The summed E-state index contributed by atoms with van der Waals surface area (Å²) in [4.78, 5) is 0. The van der Waals surface area contributed by atoms with Gasteiger partial charge < -0.3 is 19.7 Å². The maximum Gasteiger partial charge on any atom is 0.216 e. The quantitative estimate of drug-likeness (QED) is 0.0727. The van der Waals surface area contributed by atoms with Gasteiger partial charge in [-0.05, 0) is 35.9 Å². The molecular weight excluding hydrogens is 467 g/mol. The Kier molecular flexibility index (Phi) is 21.3. The molecule has 170 valence electrons. The van der Waals surface area contributed by atoms with Crippen molar-refractivity contribution in [3.8, 4) is 0 Å². The lowest BCUT2D eigenvalue weighted by atomic mass is 10.0. The molecule has 0 aliphatic carbocycles. The van der Waals surface area contributed by atoms with E-state index in [1.807, 2.05) is 0 Å². The molecule has 0 spiro atoms. The first kappa shape index (κ1) is 28.6. The van der Waals surface area contributed by atoms with E-state index in [4.69, 9.17) is 9.47 Å². The molecule has 5 heteroatoms. The molecule has 2 unspecified atom stereocenters. The highest BCUT2D eigenvalue weighted by Crippen LogP contribution is 2.18. The molecule has 0 amide bonds. The number of hydrogen-bond acceptors (Lipinski definition) is 4. The number of alkyl halides is 1. The van der Waals surface area contributed by atoms with Gasteiger partial charge in [0.05, 0.1) is 13.2 Å². The summed E-state index contributed by atoms with van der Waals surface area (Å²) in [5.74, 6) is 0. The second kappa shape index (κ2) is 20.8. The standard InChI is InChI=1S/C23H47IO4/c1-3-4-5-6-7-8-9-10-11-12-13-14-15-16-17-18-19-27-21-22(20-25)28-23(2,24)26/h22,25-26H,3-21H2,1-2H3. The van der Waals surface area contributed by atoms with Gasteiger partial charge in [-0.1, -0.05) is 103 Å². The lowest BCUT2D eigenvalue weighted by Crippen LogP contribution is -2.33. The molecule has 0 bridgehead atoms. The molecule has 0 aliphatic rings. The Morgan fingerprint density at radius 2 is 1.14 bits per heavy atom. The third kappa shape index (κ3) is 22.9. The lowest BCUT2D eigenvalue weighted by Gasteiger charge is -2.23. The Morgan fingerprint density at radius 3 is 1.50 bits per heavy atom. The first-order chi connectivity index (χ1) is 13.5. The average Bonchev–Trinajstić information content (AvgIpc) is 2.65. The fourth-order valence-electron chi connectivity index (χ4n) is 3.40. The number of unbranched alkanes of at least 4 members (excludes halogenated alkanes) is 15. The lowest BCUT2D eigenvalue weighted by molar-refractivity contribution is -0.165. The van der Waals surface area contributed by atoms with Crippen molar-refractivity contribution in [2.24, 2.45) is 0 Å². The molecule has 0 heterocycles. The summed E-state index contributed by atoms with van der Waals surface area (Å²) in [6.45, 7) is 4.71. The van der Waals surface area contributed by atoms with Crippen LogP contribution >= 0.6 is 22.6 Å². The third-order valence-corrected chi connectivity index (χ3v) is 5.29. The first-order valence-electron chi connectivity index (χ1n) is 11.8. The summed E-state index contributed by atoms with van der Waals surface area (Å²) in [6, 6.07) is 0. The van der Waals surface area contributed by atoms with Gasteiger partial charge in [0.15, 0.2) is 0 Å². The smallest absolute Gasteiger partial charge is 0.216 e. The van der Waals surface area contributed by atoms with Gasteiger partial charge in [0.1, 0.15) is 6.10 Å². The first-order valence-corrected chi connectivity index (χ1v) is 12.8. The molecule has 0 rings (SSSR count). The number of aliphatic hydroxyl groups is 2. The highest BCUT2D eigenvalue weighted by Gasteiger charge is 2.21. The van der Waals surface area contributed by atoms with Gasteiger partial charge in [0, 0.05) is 6.61 Å². The average molecular weight is 515 g/mol. The Morgan fingerprint density at radius 1 is 0.750 bits per heavy atom. The van der Waals surface area contributed by atoms with E-state index in [2.05, 4.69) is 6.92 Å². The van der Waals surface area contributed by atoms with Crippen molar-refractivity contribution in [2.75, 3.05) is 19.8 Å². The van der Waals surface area contributed by atoms with Crippen LogP contribution in [0.1, 0.15) is 117 Å². The van der Waals surface area contributed by atoms with Crippen molar-refractivity contribution < 1.29 is 19.7 Å². The monoisotopic (exact) mass is 514 g/mol. The van der Waals surface area contributed by atoms with E-state index >= 15 is 0 Å². The topological polar surface area (TPSA) is 58.9 Å². The highest BCUT2D eigenvalue weighted by molar-refractivity contribution is 14.1. The van der Waals surface area contributed by atoms with Crippen molar-refractivity contribution in [1.82, 2.24) is 0 Å². The van der Waals surface area contributed by atoms with Crippen molar-refractivity contribution in [3.63, 3.8) is 0 Å². The minimum absolute atomic E-state index is 0.141. The van der Waals surface area contributed by atoms with E-state index in [0.29, 0.717) is 13.2 Å². The highest BCUT2D eigenvalue weighted by atomic mass is 127. The molecule has 0 aliphatic heterocycles. The van der Waals surface area contributed by atoms with Crippen LogP contribution in [0.25, 0.3) is 0 Å². The van der Waals surface area contributed by atoms with Crippen molar-refractivity contribution >= 4 is 22.6 Å². The summed E-state index contributed by atoms with van der Waals surface area (Å²) in [5, 5.41) is 18.8. The minimum Gasteiger partial charge on any atom is -0.394 e. The van der Waals surface area contributed by atoms with E-state index < -0.39 is 9.90 Å². The number of aliphatic hydroxyl groups excluding tert-OH is 1. The molecular formula is C23H47IO4. The summed E-state index contributed by atoms with van der Waals surface area (Å²) in [7, 11) is 0. The molecule has 0 saturated heterocycles. The van der Waals surface area contributed by atoms with Crippen LogP contribution in [-0.2, 0) is 9.47 Å². The van der Waals surface area contributed by atoms with Crippen LogP contribution in [-0.4, -0.2) is 39.9 Å². The molecule has 4 nitrogen and oxygen atoms in total. The summed E-state index contributed by atoms with van der Waals surface area (Å²) in [6.07, 6.45) is 21.3. The molecule has 0 saturated carbocycles. The zero-order valence-corrected chi connectivity index (χ0v) is 20.8. The Labute approximate surface area is 188 Å². The van der Waals surface area contributed by atoms with E-state index in [1.54, 1.807) is 29.5 Å². The zero-order chi connectivity index (χ0) is 20.9. The van der Waals surface area contributed by atoms with Crippen LogP contribution in [0.3, 0.4) is 0 Å². The Bertz CT molecular complexity index is 307. The normalized spacial score (nSPS) is 14.9. The van der Waals surface area contributed by atoms with Gasteiger partial charge in [-0.3, -0.25) is 0 Å². The Hall–Kier alpha value is 0.570. The van der Waals surface area contributed by atoms with E-state index in [0.717, 1.165) is 6.42 Å². The molecule has 0 fully saturated rings. The van der Waals surface area contributed by atoms with Crippen LogP contribution in [0.4, 0.5) is 0 Å².